The lowest BCUT2D eigenvalue weighted by molar-refractivity contribution is 0.473. The third-order valence-corrected chi connectivity index (χ3v) is 3.45. The standard InChI is InChI=1S/C13H9BrN2O.ClH/c14-12-11(17)7-6-10-13(12)15-8-16(10)9-4-2-1-3-5-9;/h1-8,17H;1H. The van der Waals surface area contributed by atoms with Gasteiger partial charge in [-0.3, -0.25) is 4.57 Å². The van der Waals surface area contributed by atoms with Crippen molar-refractivity contribution in [1.29, 1.82) is 0 Å². The van der Waals surface area contributed by atoms with Gasteiger partial charge in [-0.2, -0.15) is 0 Å². The van der Waals surface area contributed by atoms with Crippen LogP contribution in [0.1, 0.15) is 0 Å². The lowest BCUT2D eigenvalue weighted by atomic mass is 10.2. The monoisotopic (exact) mass is 324 g/mol. The minimum atomic E-state index is 0. The van der Waals surface area contributed by atoms with E-state index in [1.54, 1.807) is 12.4 Å². The summed E-state index contributed by atoms with van der Waals surface area (Å²) in [6.45, 7) is 0. The molecule has 1 aromatic heterocycles. The SMILES string of the molecule is Cl.Oc1ccc2c(ncn2-c2ccccc2)c1Br. The molecule has 0 spiro atoms. The molecular weight excluding hydrogens is 316 g/mol. The quantitative estimate of drug-likeness (QED) is 0.736. The van der Waals surface area contributed by atoms with Gasteiger partial charge < -0.3 is 5.11 Å². The van der Waals surface area contributed by atoms with E-state index >= 15 is 0 Å². The number of nitrogens with zero attached hydrogens (tertiary/aromatic N) is 2. The van der Waals surface area contributed by atoms with Crippen molar-refractivity contribution in [3.05, 3.63) is 53.3 Å². The molecule has 18 heavy (non-hydrogen) atoms. The van der Waals surface area contributed by atoms with Gasteiger partial charge in [0.05, 0.1) is 9.99 Å². The molecule has 3 rings (SSSR count). The van der Waals surface area contributed by atoms with Gasteiger partial charge in [-0.05, 0) is 40.2 Å². The van der Waals surface area contributed by atoms with Crippen molar-refractivity contribution in [2.75, 3.05) is 0 Å². The molecule has 0 aliphatic carbocycles. The van der Waals surface area contributed by atoms with Gasteiger partial charge in [-0.25, -0.2) is 4.98 Å². The molecule has 3 aromatic rings. The summed E-state index contributed by atoms with van der Waals surface area (Å²) < 4.78 is 2.61. The summed E-state index contributed by atoms with van der Waals surface area (Å²) in [5.41, 5.74) is 2.77. The van der Waals surface area contributed by atoms with E-state index in [0.29, 0.717) is 4.47 Å². The second kappa shape index (κ2) is 5.00. The van der Waals surface area contributed by atoms with Gasteiger partial charge >= 0.3 is 0 Å². The molecule has 0 saturated carbocycles. The Labute approximate surface area is 119 Å². The van der Waals surface area contributed by atoms with Crippen LogP contribution in [0.15, 0.2) is 53.3 Å². The molecule has 0 atom stereocenters. The highest BCUT2D eigenvalue weighted by Gasteiger charge is 2.10. The first-order chi connectivity index (χ1) is 8.27. The smallest absolute Gasteiger partial charge is 0.132 e. The van der Waals surface area contributed by atoms with E-state index in [0.717, 1.165) is 16.7 Å². The molecule has 0 unspecified atom stereocenters. The van der Waals surface area contributed by atoms with Crippen LogP contribution in [0.25, 0.3) is 16.7 Å². The number of fused-ring (bicyclic) bond motifs is 1. The lowest BCUT2D eigenvalue weighted by Gasteiger charge is -2.04. The zero-order chi connectivity index (χ0) is 11.8. The maximum absolute atomic E-state index is 9.60. The van der Waals surface area contributed by atoms with Crippen molar-refractivity contribution in [2.45, 2.75) is 0 Å². The van der Waals surface area contributed by atoms with Gasteiger partial charge in [-0.15, -0.1) is 12.4 Å². The van der Waals surface area contributed by atoms with Crippen molar-refractivity contribution in [1.82, 2.24) is 9.55 Å². The Kier molecular flexibility index (Phi) is 3.59. The number of para-hydroxylation sites is 1. The minimum Gasteiger partial charge on any atom is -0.507 e. The predicted molar refractivity (Wildman–Crippen MR) is 77.7 cm³/mol. The Bertz CT molecular complexity index is 682. The van der Waals surface area contributed by atoms with E-state index in [1.807, 2.05) is 41.0 Å². The number of aromatic hydroxyl groups is 1. The number of hydrogen-bond donors (Lipinski definition) is 1. The molecular formula is C13H10BrClN2O. The number of aromatic nitrogens is 2. The topological polar surface area (TPSA) is 38.1 Å². The minimum absolute atomic E-state index is 0. The van der Waals surface area contributed by atoms with Crippen LogP contribution < -0.4 is 0 Å². The third-order valence-electron chi connectivity index (χ3n) is 2.67. The number of imidazole rings is 1. The summed E-state index contributed by atoms with van der Waals surface area (Å²) in [7, 11) is 0. The number of halogens is 2. The Morgan fingerprint density at radius 1 is 1.06 bits per heavy atom. The van der Waals surface area contributed by atoms with Crippen LogP contribution >= 0.6 is 28.3 Å². The van der Waals surface area contributed by atoms with Gasteiger partial charge in [0.2, 0.25) is 0 Å². The molecule has 0 aliphatic heterocycles. The molecule has 5 heteroatoms. The van der Waals surface area contributed by atoms with Gasteiger partial charge in [0, 0.05) is 5.69 Å². The fourth-order valence-corrected chi connectivity index (χ4v) is 2.27. The highest BCUT2D eigenvalue weighted by Crippen LogP contribution is 2.32. The maximum Gasteiger partial charge on any atom is 0.132 e. The molecule has 3 nitrogen and oxygen atoms in total. The molecule has 0 fully saturated rings. The van der Waals surface area contributed by atoms with Crippen LogP contribution in [0.3, 0.4) is 0 Å². The zero-order valence-electron chi connectivity index (χ0n) is 9.25. The Morgan fingerprint density at radius 2 is 1.78 bits per heavy atom. The van der Waals surface area contributed by atoms with E-state index in [9.17, 15) is 5.11 Å². The summed E-state index contributed by atoms with van der Waals surface area (Å²) in [5, 5.41) is 9.60. The maximum atomic E-state index is 9.60. The molecule has 2 aromatic carbocycles. The lowest BCUT2D eigenvalue weighted by Crippen LogP contribution is -1.90. The van der Waals surface area contributed by atoms with Crippen molar-refractivity contribution in [2.24, 2.45) is 0 Å². The first kappa shape index (κ1) is 12.9. The van der Waals surface area contributed by atoms with Crippen molar-refractivity contribution in [3.8, 4) is 11.4 Å². The zero-order valence-corrected chi connectivity index (χ0v) is 11.6. The number of phenols is 1. The van der Waals surface area contributed by atoms with Gasteiger partial charge in [-0.1, -0.05) is 18.2 Å². The Morgan fingerprint density at radius 3 is 2.50 bits per heavy atom. The van der Waals surface area contributed by atoms with Gasteiger partial charge in [0.25, 0.3) is 0 Å². The van der Waals surface area contributed by atoms with E-state index in [2.05, 4.69) is 20.9 Å². The van der Waals surface area contributed by atoms with E-state index in [1.165, 1.54) is 0 Å². The highest BCUT2D eigenvalue weighted by atomic mass is 79.9. The van der Waals surface area contributed by atoms with Crippen molar-refractivity contribution < 1.29 is 5.11 Å². The van der Waals surface area contributed by atoms with Gasteiger partial charge in [0.15, 0.2) is 0 Å². The highest BCUT2D eigenvalue weighted by molar-refractivity contribution is 9.10. The third kappa shape index (κ3) is 1.98. The molecule has 0 amide bonds. The Balaban J connectivity index is 0.00000120. The number of benzene rings is 2. The number of phenolic OH excluding ortho intramolecular Hbond substituents is 1. The molecule has 92 valence electrons. The molecule has 1 N–H and O–H groups in total. The molecule has 0 aliphatic rings. The average Bonchev–Trinajstić information content (AvgIpc) is 2.79. The normalized spacial score (nSPS) is 10.3. The van der Waals surface area contributed by atoms with Gasteiger partial charge in [0.1, 0.15) is 17.6 Å². The van der Waals surface area contributed by atoms with Crippen LogP contribution in [0, 0.1) is 0 Å². The first-order valence-corrected chi connectivity index (χ1v) is 5.96. The molecule has 0 radical (unpaired) electrons. The van der Waals surface area contributed by atoms with Crippen LogP contribution in [-0.2, 0) is 0 Å². The second-order valence-corrected chi connectivity index (χ2v) is 4.51. The van der Waals surface area contributed by atoms with Crippen LogP contribution in [0.2, 0.25) is 0 Å². The second-order valence-electron chi connectivity index (χ2n) is 3.72. The van der Waals surface area contributed by atoms with Crippen molar-refractivity contribution >= 4 is 39.4 Å². The summed E-state index contributed by atoms with van der Waals surface area (Å²) in [6, 6.07) is 13.5. The summed E-state index contributed by atoms with van der Waals surface area (Å²) >= 11 is 3.34. The average molecular weight is 326 g/mol. The number of hydrogen-bond acceptors (Lipinski definition) is 2. The summed E-state index contributed by atoms with van der Waals surface area (Å²) in [5.74, 6) is 0.204. The van der Waals surface area contributed by atoms with Crippen LogP contribution in [0.4, 0.5) is 0 Å². The summed E-state index contributed by atoms with van der Waals surface area (Å²) in [6.07, 6.45) is 1.75. The molecule has 1 heterocycles. The molecule has 0 saturated heterocycles. The first-order valence-electron chi connectivity index (χ1n) is 5.17. The van der Waals surface area contributed by atoms with Crippen LogP contribution in [-0.4, -0.2) is 14.7 Å². The molecule has 0 bridgehead atoms. The Hall–Kier alpha value is -1.52. The van der Waals surface area contributed by atoms with E-state index < -0.39 is 0 Å². The number of rotatable bonds is 1. The predicted octanol–water partition coefficient (Wildman–Crippen LogP) is 3.92. The van der Waals surface area contributed by atoms with Crippen LogP contribution in [0.5, 0.6) is 5.75 Å². The largest absolute Gasteiger partial charge is 0.507 e. The van der Waals surface area contributed by atoms with Crippen molar-refractivity contribution in [3.63, 3.8) is 0 Å². The van der Waals surface area contributed by atoms with E-state index in [4.69, 9.17) is 0 Å². The summed E-state index contributed by atoms with van der Waals surface area (Å²) in [4.78, 5) is 4.31. The fraction of sp³-hybridized carbons (Fsp3) is 0. The fourth-order valence-electron chi connectivity index (χ4n) is 1.83. The van der Waals surface area contributed by atoms with E-state index in [-0.39, 0.29) is 18.2 Å².